The molecule has 0 aromatic heterocycles. The summed E-state index contributed by atoms with van der Waals surface area (Å²) in [6.45, 7) is 0.216. The molecule has 3 aromatic rings. The van der Waals surface area contributed by atoms with Gasteiger partial charge in [-0.15, -0.1) is 0 Å². The molecule has 33 heavy (non-hydrogen) atoms. The number of rotatable bonds is 6. The molecule has 1 fully saturated rings. The second kappa shape index (κ2) is 10.2. The summed E-state index contributed by atoms with van der Waals surface area (Å²) >= 11 is 10.2. The molecular formula is C25H17BrN2O3S2. The fraction of sp³-hybridized carbons (Fsp3) is 0.0800. The van der Waals surface area contributed by atoms with Gasteiger partial charge >= 0.3 is 0 Å². The lowest BCUT2D eigenvalue weighted by Crippen LogP contribution is -2.27. The van der Waals surface area contributed by atoms with Gasteiger partial charge in [0.25, 0.3) is 5.91 Å². The minimum Gasteiger partial charge on any atom is -0.493 e. The van der Waals surface area contributed by atoms with Crippen LogP contribution in [-0.2, 0) is 11.4 Å². The third kappa shape index (κ3) is 4.96. The van der Waals surface area contributed by atoms with E-state index in [0.29, 0.717) is 30.8 Å². The Hall–Kier alpha value is -3.12. The van der Waals surface area contributed by atoms with Gasteiger partial charge in [-0.05, 0) is 57.9 Å². The van der Waals surface area contributed by atoms with Gasteiger partial charge in [0.2, 0.25) is 0 Å². The third-order valence-corrected chi connectivity index (χ3v) is 6.76. The summed E-state index contributed by atoms with van der Waals surface area (Å²) in [5.74, 6) is 0.850. The third-order valence-electron chi connectivity index (χ3n) is 4.87. The predicted octanol–water partition coefficient (Wildman–Crippen LogP) is 6.31. The largest absolute Gasteiger partial charge is 0.493 e. The minimum absolute atomic E-state index is 0.167. The molecule has 1 aliphatic heterocycles. The number of nitriles is 1. The van der Waals surface area contributed by atoms with E-state index in [2.05, 4.69) is 22.0 Å². The monoisotopic (exact) mass is 536 g/mol. The smallest absolute Gasteiger partial charge is 0.270 e. The summed E-state index contributed by atoms with van der Waals surface area (Å²) in [6, 6.07) is 22.4. The first kappa shape index (κ1) is 23.1. The van der Waals surface area contributed by atoms with E-state index in [0.717, 1.165) is 16.8 Å². The summed E-state index contributed by atoms with van der Waals surface area (Å²) in [7, 11) is 1.55. The average molecular weight is 537 g/mol. The summed E-state index contributed by atoms with van der Waals surface area (Å²) in [4.78, 5) is 15.1. The number of benzene rings is 3. The lowest BCUT2D eigenvalue weighted by Gasteiger charge is -2.14. The van der Waals surface area contributed by atoms with Crippen LogP contribution in [-0.4, -0.2) is 17.3 Å². The van der Waals surface area contributed by atoms with Crippen LogP contribution in [0.5, 0.6) is 11.5 Å². The number of nitrogens with zero attached hydrogens (tertiary/aromatic N) is 2. The zero-order chi connectivity index (χ0) is 23.4. The van der Waals surface area contributed by atoms with Gasteiger partial charge in [-0.2, -0.15) is 5.26 Å². The Morgan fingerprint density at radius 3 is 2.61 bits per heavy atom. The zero-order valence-corrected chi connectivity index (χ0v) is 20.7. The van der Waals surface area contributed by atoms with E-state index >= 15 is 0 Å². The molecule has 0 spiro atoms. The van der Waals surface area contributed by atoms with Gasteiger partial charge < -0.3 is 9.47 Å². The van der Waals surface area contributed by atoms with E-state index in [1.54, 1.807) is 25.3 Å². The van der Waals surface area contributed by atoms with Crippen molar-refractivity contribution < 1.29 is 14.3 Å². The quantitative estimate of drug-likeness (QED) is 0.271. The summed E-state index contributed by atoms with van der Waals surface area (Å²) in [5, 5.41) is 9.29. The molecule has 0 aliphatic carbocycles. The van der Waals surface area contributed by atoms with E-state index in [9.17, 15) is 10.1 Å². The van der Waals surface area contributed by atoms with Gasteiger partial charge in [0.15, 0.2) is 15.8 Å². The van der Waals surface area contributed by atoms with Crippen molar-refractivity contribution in [3.05, 3.63) is 92.8 Å². The Balaban J connectivity index is 1.59. The molecule has 164 valence electrons. The van der Waals surface area contributed by atoms with E-state index in [1.807, 2.05) is 54.6 Å². The second-order valence-corrected chi connectivity index (χ2v) is 9.47. The average Bonchev–Trinajstić information content (AvgIpc) is 3.11. The Morgan fingerprint density at radius 2 is 1.88 bits per heavy atom. The molecule has 8 heteroatoms. The maximum Gasteiger partial charge on any atom is 0.270 e. The lowest BCUT2D eigenvalue weighted by atomic mass is 10.1. The van der Waals surface area contributed by atoms with Crippen molar-refractivity contribution in [3.63, 3.8) is 0 Å². The fourth-order valence-corrected chi connectivity index (χ4v) is 5.16. The molecule has 1 aliphatic rings. The number of anilines is 1. The number of carbonyl (C=O) groups excluding carboxylic acids is 1. The van der Waals surface area contributed by atoms with Gasteiger partial charge in [-0.3, -0.25) is 9.69 Å². The fourth-order valence-electron chi connectivity index (χ4n) is 3.29. The molecule has 1 saturated heterocycles. The molecule has 0 saturated carbocycles. The summed E-state index contributed by atoms with van der Waals surface area (Å²) in [5.41, 5.74) is 2.84. The molecule has 4 rings (SSSR count). The number of carbonyl (C=O) groups is 1. The standard InChI is InChI=1S/C25H17BrN2O3S2/c1-30-21-12-16(11-20(26)23(21)31-15-18-8-6-5-7-17(18)14-27)13-22-24(29)28(25(32)33-22)19-9-3-2-4-10-19/h2-13H,15H2,1H3/b22-13+. The number of thiocarbonyl (C=S) groups is 1. The van der Waals surface area contributed by atoms with Crippen LogP contribution in [0.15, 0.2) is 76.1 Å². The van der Waals surface area contributed by atoms with Crippen molar-refractivity contribution in [1.29, 1.82) is 5.26 Å². The highest BCUT2D eigenvalue weighted by Crippen LogP contribution is 2.40. The van der Waals surface area contributed by atoms with E-state index < -0.39 is 0 Å². The highest BCUT2D eigenvalue weighted by molar-refractivity contribution is 9.10. The highest BCUT2D eigenvalue weighted by Gasteiger charge is 2.33. The number of hydrogen-bond donors (Lipinski definition) is 0. The highest BCUT2D eigenvalue weighted by atomic mass is 79.9. The van der Waals surface area contributed by atoms with Gasteiger partial charge in [-0.1, -0.05) is 60.4 Å². The zero-order valence-electron chi connectivity index (χ0n) is 17.4. The number of halogens is 1. The van der Waals surface area contributed by atoms with Crippen molar-refractivity contribution in [1.82, 2.24) is 0 Å². The van der Waals surface area contributed by atoms with Crippen LogP contribution in [0.25, 0.3) is 6.08 Å². The molecule has 5 nitrogen and oxygen atoms in total. The molecule has 0 radical (unpaired) electrons. The maximum absolute atomic E-state index is 13.0. The Morgan fingerprint density at radius 1 is 1.15 bits per heavy atom. The predicted molar refractivity (Wildman–Crippen MR) is 138 cm³/mol. The first-order chi connectivity index (χ1) is 16.0. The van der Waals surface area contributed by atoms with Crippen LogP contribution < -0.4 is 14.4 Å². The maximum atomic E-state index is 13.0. The van der Waals surface area contributed by atoms with Crippen LogP contribution in [0.2, 0.25) is 0 Å². The van der Waals surface area contributed by atoms with Crippen LogP contribution in [0, 0.1) is 11.3 Å². The van der Waals surface area contributed by atoms with Gasteiger partial charge in [0.1, 0.15) is 6.61 Å². The first-order valence-electron chi connectivity index (χ1n) is 9.83. The van der Waals surface area contributed by atoms with Crippen molar-refractivity contribution in [3.8, 4) is 17.6 Å². The van der Waals surface area contributed by atoms with Gasteiger partial charge in [0.05, 0.1) is 33.8 Å². The number of methoxy groups -OCH3 is 1. The normalized spacial score (nSPS) is 14.5. The molecular weight excluding hydrogens is 520 g/mol. The van der Waals surface area contributed by atoms with E-state index in [4.69, 9.17) is 21.7 Å². The SMILES string of the molecule is COc1cc(/C=C2/SC(=S)N(c3ccccc3)C2=O)cc(Br)c1OCc1ccccc1C#N. The Labute approximate surface area is 209 Å². The number of ether oxygens (including phenoxy) is 2. The number of para-hydroxylation sites is 1. The van der Waals surface area contributed by atoms with Crippen molar-refractivity contribution in [2.24, 2.45) is 0 Å². The van der Waals surface area contributed by atoms with Crippen molar-refractivity contribution >= 4 is 61.9 Å². The molecule has 0 atom stereocenters. The Kier molecular flexibility index (Phi) is 7.14. The number of amides is 1. The summed E-state index contributed by atoms with van der Waals surface area (Å²) in [6.07, 6.45) is 1.78. The van der Waals surface area contributed by atoms with Crippen LogP contribution in [0.1, 0.15) is 16.7 Å². The van der Waals surface area contributed by atoms with Gasteiger partial charge in [0, 0.05) is 5.56 Å². The second-order valence-electron chi connectivity index (χ2n) is 6.94. The van der Waals surface area contributed by atoms with E-state index in [-0.39, 0.29) is 12.5 Å². The number of hydrogen-bond acceptors (Lipinski definition) is 6. The first-order valence-corrected chi connectivity index (χ1v) is 11.8. The molecule has 1 heterocycles. The lowest BCUT2D eigenvalue weighted by molar-refractivity contribution is -0.113. The van der Waals surface area contributed by atoms with Crippen molar-refractivity contribution in [2.75, 3.05) is 12.0 Å². The Bertz CT molecular complexity index is 1300. The van der Waals surface area contributed by atoms with Crippen LogP contribution in [0.4, 0.5) is 5.69 Å². The van der Waals surface area contributed by atoms with Crippen LogP contribution in [0.3, 0.4) is 0 Å². The molecule has 0 bridgehead atoms. The summed E-state index contributed by atoms with van der Waals surface area (Å²) < 4.78 is 12.7. The molecule has 1 amide bonds. The minimum atomic E-state index is -0.167. The topological polar surface area (TPSA) is 62.6 Å². The van der Waals surface area contributed by atoms with Gasteiger partial charge in [-0.25, -0.2) is 0 Å². The number of thioether (sulfide) groups is 1. The molecule has 0 unspecified atom stereocenters. The van der Waals surface area contributed by atoms with Crippen molar-refractivity contribution in [2.45, 2.75) is 6.61 Å². The molecule has 3 aromatic carbocycles. The molecule has 0 N–H and O–H groups in total. The van der Waals surface area contributed by atoms with E-state index in [1.165, 1.54) is 16.7 Å². The van der Waals surface area contributed by atoms with Crippen LogP contribution >= 0.6 is 39.9 Å².